The van der Waals surface area contributed by atoms with Crippen LogP contribution >= 0.6 is 11.6 Å². The highest BCUT2D eigenvalue weighted by Gasteiger charge is 2.16. The molecule has 4 rings (SSSR count). The van der Waals surface area contributed by atoms with Gasteiger partial charge in [-0.1, -0.05) is 23.7 Å². The first-order valence-electron chi connectivity index (χ1n) is 9.51. The molecule has 2 aromatic heterocycles. The molecular weight excluding hydrogens is 390 g/mol. The maximum atomic E-state index is 6.45. The van der Waals surface area contributed by atoms with E-state index in [9.17, 15) is 0 Å². The van der Waals surface area contributed by atoms with Gasteiger partial charge in [-0.15, -0.1) is 0 Å². The van der Waals surface area contributed by atoms with Gasteiger partial charge >= 0.3 is 0 Å². The molecular formula is C22H22ClN3O3. The van der Waals surface area contributed by atoms with Crippen molar-refractivity contribution >= 4 is 33.4 Å². The Morgan fingerprint density at radius 1 is 0.966 bits per heavy atom. The Morgan fingerprint density at radius 3 is 2.31 bits per heavy atom. The molecule has 0 unspecified atom stereocenters. The van der Waals surface area contributed by atoms with Crippen LogP contribution in [-0.2, 0) is 6.54 Å². The van der Waals surface area contributed by atoms with Crippen molar-refractivity contribution in [3.8, 4) is 17.2 Å². The highest BCUT2D eigenvalue weighted by molar-refractivity contribution is 6.35. The van der Waals surface area contributed by atoms with Gasteiger partial charge in [0.15, 0.2) is 16.7 Å². The van der Waals surface area contributed by atoms with Gasteiger partial charge in [0.25, 0.3) is 0 Å². The van der Waals surface area contributed by atoms with Crippen LogP contribution < -0.4 is 14.2 Å². The standard InChI is InChI=1S/C22H22ClN3O3/c1-4-28-19-10-16-17-13-26(12-14-6-8-15(27-3)9-7-14)25-21(17)22(23)24-18(16)11-20(19)29-5-2/h6-11,13H,4-5,12H2,1-3H3. The molecule has 0 radical (unpaired) electrons. The predicted octanol–water partition coefficient (Wildman–Crippen LogP) is 5.09. The topological polar surface area (TPSA) is 58.4 Å². The molecule has 0 atom stereocenters. The van der Waals surface area contributed by atoms with Gasteiger partial charge in [0.2, 0.25) is 0 Å². The van der Waals surface area contributed by atoms with Crippen molar-refractivity contribution in [2.24, 2.45) is 0 Å². The fraction of sp³-hybridized carbons (Fsp3) is 0.273. The Hall–Kier alpha value is -2.99. The molecule has 7 heteroatoms. The monoisotopic (exact) mass is 411 g/mol. The second-order valence-electron chi connectivity index (χ2n) is 6.52. The number of hydrogen-bond acceptors (Lipinski definition) is 5. The summed E-state index contributed by atoms with van der Waals surface area (Å²) in [6, 6.07) is 11.7. The zero-order chi connectivity index (χ0) is 20.4. The van der Waals surface area contributed by atoms with Gasteiger partial charge in [-0.2, -0.15) is 5.10 Å². The van der Waals surface area contributed by atoms with Crippen molar-refractivity contribution in [3.05, 3.63) is 53.3 Å². The lowest BCUT2D eigenvalue weighted by Gasteiger charge is -2.12. The van der Waals surface area contributed by atoms with Crippen LogP contribution in [0.3, 0.4) is 0 Å². The Morgan fingerprint density at radius 2 is 1.66 bits per heavy atom. The summed E-state index contributed by atoms with van der Waals surface area (Å²) in [6.07, 6.45) is 1.99. The van der Waals surface area contributed by atoms with Crippen LogP contribution in [-0.4, -0.2) is 35.1 Å². The first kappa shape index (κ1) is 19.3. The predicted molar refractivity (Wildman–Crippen MR) is 114 cm³/mol. The number of halogens is 1. The first-order valence-corrected chi connectivity index (χ1v) is 9.89. The number of ether oxygens (including phenoxy) is 3. The summed E-state index contributed by atoms with van der Waals surface area (Å²) >= 11 is 6.45. The molecule has 0 aliphatic heterocycles. The van der Waals surface area contributed by atoms with Crippen molar-refractivity contribution < 1.29 is 14.2 Å². The molecule has 0 saturated carbocycles. The van der Waals surface area contributed by atoms with Crippen LogP contribution in [0.4, 0.5) is 0 Å². The summed E-state index contributed by atoms with van der Waals surface area (Å²) in [5.74, 6) is 2.18. The average Bonchev–Trinajstić information content (AvgIpc) is 3.15. The Bertz CT molecular complexity index is 1160. The molecule has 0 saturated heterocycles. The minimum atomic E-state index is 0.368. The number of fused-ring (bicyclic) bond motifs is 3. The second-order valence-corrected chi connectivity index (χ2v) is 6.88. The number of hydrogen-bond donors (Lipinski definition) is 0. The Kier molecular flexibility index (Phi) is 5.45. The van der Waals surface area contributed by atoms with E-state index in [4.69, 9.17) is 25.8 Å². The lowest BCUT2D eigenvalue weighted by Crippen LogP contribution is -1.99. The van der Waals surface area contributed by atoms with Gasteiger partial charge < -0.3 is 14.2 Å². The van der Waals surface area contributed by atoms with E-state index in [1.807, 2.05) is 61.1 Å². The number of methoxy groups -OCH3 is 1. The minimum Gasteiger partial charge on any atom is -0.497 e. The van der Waals surface area contributed by atoms with E-state index in [1.54, 1.807) is 7.11 Å². The maximum absolute atomic E-state index is 6.45. The van der Waals surface area contributed by atoms with E-state index in [0.717, 1.165) is 27.6 Å². The second kappa shape index (κ2) is 8.17. The summed E-state index contributed by atoms with van der Waals surface area (Å²) in [5, 5.41) is 6.88. The fourth-order valence-corrected chi connectivity index (χ4v) is 3.55. The molecule has 4 aromatic rings. The summed E-state index contributed by atoms with van der Waals surface area (Å²) in [6.45, 7) is 5.59. The zero-order valence-corrected chi connectivity index (χ0v) is 17.4. The third-order valence-corrected chi connectivity index (χ3v) is 4.89. The number of benzene rings is 2. The van der Waals surface area contributed by atoms with Gasteiger partial charge in [0.05, 0.1) is 32.4 Å². The molecule has 0 spiro atoms. The van der Waals surface area contributed by atoms with Crippen molar-refractivity contribution in [2.45, 2.75) is 20.4 Å². The van der Waals surface area contributed by atoms with E-state index in [0.29, 0.717) is 41.9 Å². The average molecular weight is 412 g/mol. The lowest BCUT2D eigenvalue weighted by atomic mass is 10.1. The normalized spacial score (nSPS) is 11.2. The summed E-state index contributed by atoms with van der Waals surface area (Å²) < 4.78 is 18.6. The lowest BCUT2D eigenvalue weighted by molar-refractivity contribution is 0.288. The summed E-state index contributed by atoms with van der Waals surface area (Å²) in [7, 11) is 1.66. The van der Waals surface area contributed by atoms with Gasteiger partial charge in [-0.3, -0.25) is 4.68 Å². The Balaban J connectivity index is 1.80. The molecule has 2 heterocycles. The third kappa shape index (κ3) is 3.80. The van der Waals surface area contributed by atoms with E-state index < -0.39 is 0 Å². The maximum Gasteiger partial charge on any atom is 0.163 e. The van der Waals surface area contributed by atoms with Crippen LogP contribution in [0.1, 0.15) is 19.4 Å². The molecule has 29 heavy (non-hydrogen) atoms. The Labute approximate surface area is 174 Å². The molecule has 0 bridgehead atoms. The first-order chi connectivity index (χ1) is 14.1. The van der Waals surface area contributed by atoms with Gasteiger partial charge in [0.1, 0.15) is 11.3 Å². The van der Waals surface area contributed by atoms with Crippen molar-refractivity contribution in [3.63, 3.8) is 0 Å². The number of rotatable bonds is 7. The zero-order valence-electron chi connectivity index (χ0n) is 16.6. The van der Waals surface area contributed by atoms with E-state index in [2.05, 4.69) is 10.1 Å². The fourth-order valence-electron chi connectivity index (χ4n) is 3.32. The van der Waals surface area contributed by atoms with Gasteiger partial charge in [0, 0.05) is 23.0 Å². The van der Waals surface area contributed by atoms with Gasteiger partial charge in [-0.25, -0.2) is 4.98 Å². The van der Waals surface area contributed by atoms with E-state index in [1.165, 1.54) is 0 Å². The minimum absolute atomic E-state index is 0.368. The molecule has 0 fully saturated rings. The largest absolute Gasteiger partial charge is 0.497 e. The molecule has 6 nitrogen and oxygen atoms in total. The van der Waals surface area contributed by atoms with E-state index >= 15 is 0 Å². The molecule has 0 aliphatic rings. The molecule has 150 valence electrons. The van der Waals surface area contributed by atoms with Crippen molar-refractivity contribution in [1.82, 2.24) is 14.8 Å². The molecule has 0 aliphatic carbocycles. The van der Waals surface area contributed by atoms with Crippen molar-refractivity contribution in [2.75, 3.05) is 20.3 Å². The number of aromatic nitrogens is 3. The molecule has 0 amide bonds. The quantitative estimate of drug-likeness (QED) is 0.396. The van der Waals surface area contributed by atoms with Crippen LogP contribution in [0.2, 0.25) is 5.15 Å². The smallest absolute Gasteiger partial charge is 0.163 e. The van der Waals surface area contributed by atoms with Crippen LogP contribution in [0.25, 0.3) is 21.8 Å². The molecule has 2 aromatic carbocycles. The molecule has 0 N–H and O–H groups in total. The van der Waals surface area contributed by atoms with Crippen LogP contribution in [0.5, 0.6) is 17.2 Å². The van der Waals surface area contributed by atoms with Gasteiger partial charge in [-0.05, 0) is 37.6 Å². The highest BCUT2D eigenvalue weighted by Crippen LogP contribution is 2.37. The number of pyridine rings is 1. The summed E-state index contributed by atoms with van der Waals surface area (Å²) in [5.41, 5.74) is 2.53. The number of nitrogens with zero attached hydrogens (tertiary/aromatic N) is 3. The van der Waals surface area contributed by atoms with Crippen LogP contribution in [0.15, 0.2) is 42.6 Å². The third-order valence-electron chi connectivity index (χ3n) is 4.63. The van der Waals surface area contributed by atoms with Crippen molar-refractivity contribution in [1.29, 1.82) is 0 Å². The summed E-state index contributed by atoms with van der Waals surface area (Å²) in [4.78, 5) is 4.53. The SMILES string of the molecule is CCOc1cc2nc(Cl)c3nn(Cc4ccc(OC)cc4)cc3c2cc1OCC. The van der Waals surface area contributed by atoms with Crippen LogP contribution in [0, 0.1) is 0 Å². The van der Waals surface area contributed by atoms with E-state index in [-0.39, 0.29) is 0 Å². The highest BCUT2D eigenvalue weighted by atomic mass is 35.5.